The number of methoxy groups -OCH3 is 1. The maximum Gasteiger partial charge on any atom is 0.237 e. The van der Waals surface area contributed by atoms with Gasteiger partial charge in [-0.2, -0.15) is 0 Å². The molecule has 32 heavy (non-hydrogen) atoms. The standard InChI is InChI=1S/C24H30N4O3S/c1-15(2)28-22(17(4)31-21-12-8-11-20(14-21)30-6)26-27-24(28)32-18(5)23(29)25-19-10-7-9-16(3)13-19/h7-15,17-18H,1-6H3,(H,25,29). The van der Waals surface area contributed by atoms with E-state index in [2.05, 4.69) is 29.4 Å². The van der Waals surface area contributed by atoms with Gasteiger partial charge in [0.25, 0.3) is 0 Å². The van der Waals surface area contributed by atoms with Crippen molar-refractivity contribution in [2.45, 2.75) is 57.2 Å². The highest BCUT2D eigenvalue weighted by Gasteiger charge is 2.25. The van der Waals surface area contributed by atoms with Crippen LogP contribution >= 0.6 is 11.8 Å². The molecule has 0 aliphatic heterocycles. The predicted molar refractivity (Wildman–Crippen MR) is 128 cm³/mol. The normalized spacial score (nSPS) is 13.0. The van der Waals surface area contributed by atoms with E-state index >= 15 is 0 Å². The lowest BCUT2D eigenvalue weighted by Crippen LogP contribution is -2.23. The zero-order chi connectivity index (χ0) is 23.3. The summed E-state index contributed by atoms with van der Waals surface area (Å²) >= 11 is 1.38. The number of rotatable bonds is 9. The minimum Gasteiger partial charge on any atom is -0.497 e. The van der Waals surface area contributed by atoms with Crippen molar-refractivity contribution in [1.82, 2.24) is 14.8 Å². The molecule has 2 atom stereocenters. The van der Waals surface area contributed by atoms with Gasteiger partial charge in [-0.25, -0.2) is 0 Å². The number of carbonyl (C=O) groups excluding carboxylic acids is 1. The Morgan fingerprint density at radius 3 is 2.44 bits per heavy atom. The number of hydrogen-bond acceptors (Lipinski definition) is 6. The fourth-order valence-corrected chi connectivity index (χ4v) is 4.23. The number of aromatic nitrogens is 3. The number of hydrogen-bond donors (Lipinski definition) is 1. The second kappa shape index (κ2) is 10.5. The highest BCUT2D eigenvalue weighted by atomic mass is 32.2. The summed E-state index contributed by atoms with van der Waals surface area (Å²) in [4.78, 5) is 12.7. The van der Waals surface area contributed by atoms with Gasteiger partial charge in [-0.3, -0.25) is 4.79 Å². The second-order valence-corrected chi connectivity index (χ2v) is 9.17. The van der Waals surface area contributed by atoms with Crippen molar-refractivity contribution in [2.24, 2.45) is 0 Å². The van der Waals surface area contributed by atoms with Crippen LogP contribution in [0.5, 0.6) is 11.5 Å². The van der Waals surface area contributed by atoms with Crippen LogP contribution in [0.25, 0.3) is 0 Å². The van der Waals surface area contributed by atoms with Gasteiger partial charge in [0.15, 0.2) is 17.1 Å². The van der Waals surface area contributed by atoms with Crippen molar-refractivity contribution in [3.63, 3.8) is 0 Å². The molecule has 2 unspecified atom stereocenters. The molecule has 1 amide bonds. The largest absolute Gasteiger partial charge is 0.497 e. The predicted octanol–water partition coefficient (Wildman–Crippen LogP) is 5.44. The first-order valence-electron chi connectivity index (χ1n) is 10.6. The van der Waals surface area contributed by atoms with Crippen LogP contribution in [-0.2, 0) is 4.79 Å². The Bertz CT molecular complexity index is 1070. The van der Waals surface area contributed by atoms with Crippen molar-refractivity contribution in [3.05, 3.63) is 59.9 Å². The minimum absolute atomic E-state index is 0.0823. The van der Waals surface area contributed by atoms with Gasteiger partial charge in [-0.15, -0.1) is 10.2 Å². The van der Waals surface area contributed by atoms with Gasteiger partial charge in [0.1, 0.15) is 11.5 Å². The number of thioether (sulfide) groups is 1. The molecule has 0 saturated carbocycles. The van der Waals surface area contributed by atoms with E-state index in [1.165, 1.54) is 11.8 Å². The van der Waals surface area contributed by atoms with E-state index in [0.29, 0.717) is 16.7 Å². The van der Waals surface area contributed by atoms with Crippen molar-refractivity contribution < 1.29 is 14.3 Å². The van der Waals surface area contributed by atoms with Gasteiger partial charge < -0.3 is 19.4 Å². The molecule has 0 spiro atoms. The summed E-state index contributed by atoms with van der Waals surface area (Å²) in [6, 6.07) is 15.3. The van der Waals surface area contributed by atoms with Gasteiger partial charge in [0, 0.05) is 17.8 Å². The van der Waals surface area contributed by atoms with E-state index in [4.69, 9.17) is 9.47 Å². The molecule has 0 aliphatic rings. The minimum atomic E-state index is -0.348. The van der Waals surface area contributed by atoms with E-state index in [1.807, 2.05) is 73.9 Å². The van der Waals surface area contributed by atoms with Crippen LogP contribution in [-0.4, -0.2) is 33.0 Å². The molecule has 0 saturated heterocycles. The SMILES string of the molecule is COc1cccc(OC(C)c2nnc(SC(C)C(=O)Nc3cccc(C)c3)n2C(C)C)c1. The van der Waals surface area contributed by atoms with Crippen molar-refractivity contribution in [3.8, 4) is 11.5 Å². The molecule has 7 nitrogen and oxygen atoms in total. The van der Waals surface area contributed by atoms with Crippen molar-refractivity contribution >= 4 is 23.4 Å². The number of carbonyl (C=O) groups is 1. The van der Waals surface area contributed by atoms with E-state index in [9.17, 15) is 4.79 Å². The topological polar surface area (TPSA) is 78.3 Å². The zero-order valence-corrected chi connectivity index (χ0v) is 20.1. The molecule has 0 fully saturated rings. The lowest BCUT2D eigenvalue weighted by molar-refractivity contribution is -0.115. The van der Waals surface area contributed by atoms with Crippen molar-refractivity contribution in [2.75, 3.05) is 12.4 Å². The van der Waals surface area contributed by atoms with Crippen molar-refractivity contribution in [1.29, 1.82) is 0 Å². The molecule has 0 bridgehead atoms. The molecule has 1 N–H and O–H groups in total. The summed E-state index contributed by atoms with van der Waals surface area (Å²) in [6.07, 6.45) is -0.331. The molecular weight excluding hydrogens is 424 g/mol. The molecule has 2 aromatic carbocycles. The quantitative estimate of drug-likeness (QED) is 0.434. The monoisotopic (exact) mass is 454 g/mol. The highest BCUT2D eigenvalue weighted by Crippen LogP contribution is 2.31. The second-order valence-electron chi connectivity index (χ2n) is 7.86. The van der Waals surface area contributed by atoms with Gasteiger partial charge in [-0.1, -0.05) is 30.0 Å². The molecule has 0 radical (unpaired) electrons. The Labute approximate surface area is 193 Å². The number of amides is 1. The Balaban J connectivity index is 1.74. The Hall–Kier alpha value is -3.00. The number of ether oxygens (including phenoxy) is 2. The highest BCUT2D eigenvalue weighted by molar-refractivity contribution is 8.00. The summed E-state index contributed by atoms with van der Waals surface area (Å²) < 4.78 is 13.4. The lowest BCUT2D eigenvalue weighted by atomic mass is 10.2. The van der Waals surface area contributed by atoms with Gasteiger partial charge in [0.05, 0.1) is 12.4 Å². The Kier molecular flexibility index (Phi) is 7.80. The number of nitrogens with zero attached hydrogens (tertiary/aromatic N) is 3. The molecular formula is C24H30N4O3S. The summed E-state index contributed by atoms with van der Waals surface area (Å²) in [5.74, 6) is 2.04. The van der Waals surface area contributed by atoms with Crippen LogP contribution in [0.1, 0.15) is 51.2 Å². The maximum absolute atomic E-state index is 12.7. The van der Waals surface area contributed by atoms with Gasteiger partial charge in [-0.05, 0) is 64.4 Å². The number of aryl methyl sites for hydroxylation is 1. The molecule has 8 heteroatoms. The molecule has 0 aliphatic carbocycles. The summed E-state index contributed by atoms with van der Waals surface area (Å²) in [6.45, 7) is 9.92. The van der Waals surface area contributed by atoms with Gasteiger partial charge in [0.2, 0.25) is 5.91 Å². The first kappa shape index (κ1) is 23.7. The Morgan fingerprint density at radius 2 is 1.75 bits per heavy atom. The maximum atomic E-state index is 12.7. The van der Waals surface area contributed by atoms with Crippen LogP contribution in [0, 0.1) is 6.92 Å². The third kappa shape index (κ3) is 5.82. The van der Waals surface area contributed by atoms with E-state index in [0.717, 1.165) is 17.0 Å². The summed E-state index contributed by atoms with van der Waals surface area (Å²) in [5, 5.41) is 12.1. The summed E-state index contributed by atoms with van der Waals surface area (Å²) in [7, 11) is 1.62. The number of anilines is 1. The molecule has 1 aromatic heterocycles. The van der Waals surface area contributed by atoms with Crippen LogP contribution in [0.2, 0.25) is 0 Å². The van der Waals surface area contributed by atoms with E-state index in [1.54, 1.807) is 7.11 Å². The third-order valence-electron chi connectivity index (χ3n) is 4.86. The van der Waals surface area contributed by atoms with Crippen LogP contribution in [0.4, 0.5) is 5.69 Å². The molecule has 3 rings (SSSR count). The third-order valence-corrected chi connectivity index (χ3v) is 5.92. The number of benzene rings is 2. The van der Waals surface area contributed by atoms with Crippen LogP contribution in [0.3, 0.4) is 0 Å². The lowest BCUT2D eigenvalue weighted by Gasteiger charge is -2.20. The molecule has 3 aromatic rings. The van der Waals surface area contributed by atoms with Crippen LogP contribution < -0.4 is 14.8 Å². The fourth-order valence-electron chi connectivity index (χ4n) is 3.24. The fraction of sp³-hybridized carbons (Fsp3) is 0.375. The first-order valence-corrected chi connectivity index (χ1v) is 11.5. The first-order chi connectivity index (χ1) is 15.3. The number of nitrogens with one attached hydrogen (secondary N) is 1. The molecule has 170 valence electrons. The Morgan fingerprint density at radius 1 is 1.03 bits per heavy atom. The van der Waals surface area contributed by atoms with E-state index < -0.39 is 0 Å². The average Bonchev–Trinajstić information content (AvgIpc) is 3.17. The van der Waals surface area contributed by atoms with Crippen LogP contribution in [0.15, 0.2) is 53.7 Å². The average molecular weight is 455 g/mol. The zero-order valence-electron chi connectivity index (χ0n) is 19.3. The smallest absolute Gasteiger partial charge is 0.237 e. The van der Waals surface area contributed by atoms with E-state index in [-0.39, 0.29) is 23.3 Å². The summed E-state index contributed by atoms with van der Waals surface area (Å²) in [5.41, 5.74) is 1.88. The molecule has 1 heterocycles. The van der Waals surface area contributed by atoms with Gasteiger partial charge >= 0.3 is 0 Å².